The predicted molar refractivity (Wildman–Crippen MR) is 124 cm³/mol. The minimum Gasteiger partial charge on any atom is -0.467 e. The molecule has 2 fully saturated rings. The number of likely N-dealkylation sites (tertiary alicyclic amines) is 1. The minimum atomic E-state index is -3.64. The molecular weight excluding hydrogens is 444 g/mol. The van der Waals surface area contributed by atoms with Gasteiger partial charge in [-0.2, -0.15) is 4.31 Å². The van der Waals surface area contributed by atoms with E-state index in [-0.39, 0.29) is 29.7 Å². The predicted octanol–water partition coefficient (Wildman–Crippen LogP) is 2.51. The van der Waals surface area contributed by atoms with Crippen molar-refractivity contribution in [3.05, 3.63) is 42.4 Å². The van der Waals surface area contributed by atoms with Gasteiger partial charge in [0.05, 0.1) is 35.0 Å². The third-order valence-corrected chi connectivity index (χ3v) is 8.07. The number of piperidine rings is 1. The van der Waals surface area contributed by atoms with Gasteiger partial charge < -0.3 is 19.5 Å². The molecule has 2 saturated heterocycles. The maximum absolute atomic E-state index is 13.1. The highest BCUT2D eigenvalue weighted by Gasteiger charge is 2.35. The number of anilines is 2. The number of carbonyl (C=O) groups excluding carboxylic acids is 2. The van der Waals surface area contributed by atoms with Crippen LogP contribution in [0.15, 0.2) is 45.9 Å². The molecule has 0 spiro atoms. The Morgan fingerprint density at radius 1 is 1.18 bits per heavy atom. The van der Waals surface area contributed by atoms with Crippen LogP contribution in [-0.2, 0) is 26.2 Å². The third kappa shape index (κ3) is 5.06. The summed E-state index contributed by atoms with van der Waals surface area (Å²) in [5, 5.41) is 2.88. The Morgan fingerprint density at radius 3 is 2.61 bits per heavy atom. The number of furan rings is 1. The number of nitrogens with zero attached hydrogens (tertiary/aromatic N) is 3. The Morgan fingerprint density at radius 2 is 1.94 bits per heavy atom. The lowest BCUT2D eigenvalue weighted by molar-refractivity contribution is -0.128. The van der Waals surface area contributed by atoms with Gasteiger partial charge in [-0.3, -0.25) is 9.59 Å². The van der Waals surface area contributed by atoms with Crippen molar-refractivity contribution in [2.45, 2.75) is 37.1 Å². The van der Waals surface area contributed by atoms with Gasteiger partial charge in [0.25, 0.3) is 0 Å². The van der Waals surface area contributed by atoms with E-state index in [1.54, 1.807) is 35.4 Å². The second-order valence-electron chi connectivity index (χ2n) is 8.78. The van der Waals surface area contributed by atoms with Crippen LogP contribution in [0.1, 0.15) is 31.4 Å². The average Bonchev–Trinajstić information content (AvgIpc) is 3.44. The number of hydrogen-bond donors (Lipinski definition) is 1. The van der Waals surface area contributed by atoms with E-state index in [9.17, 15) is 18.0 Å². The van der Waals surface area contributed by atoms with Gasteiger partial charge in [-0.05, 0) is 43.2 Å². The number of benzene rings is 1. The molecule has 33 heavy (non-hydrogen) atoms. The van der Waals surface area contributed by atoms with E-state index in [4.69, 9.17) is 4.42 Å². The van der Waals surface area contributed by atoms with Crippen molar-refractivity contribution in [1.82, 2.24) is 9.21 Å². The van der Waals surface area contributed by atoms with Gasteiger partial charge in [-0.1, -0.05) is 6.42 Å². The van der Waals surface area contributed by atoms with Crippen LogP contribution in [0, 0.1) is 5.92 Å². The number of nitrogens with one attached hydrogen (secondary N) is 1. The fourth-order valence-corrected chi connectivity index (χ4v) is 5.89. The van der Waals surface area contributed by atoms with Gasteiger partial charge >= 0.3 is 0 Å². The first-order valence-corrected chi connectivity index (χ1v) is 12.6. The lowest BCUT2D eigenvalue weighted by Crippen LogP contribution is -2.35. The Bertz CT molecular complexity index is 1110. The molecule has 0 radical (unpaired) electrons. The highest BCUT2D eigenvalue weighted by atomic mass is 32.2. The average molecular weight is 475 g/mol. The van der Waals surface area contributed by atoms with Crippen molar-refractivity contribution in [3.8, 4) is 0 Å². The molecule has 10 heteroatoms. The largest absolute Gasteiger partial charge is 0.467 e. The van der Waals surface area contributed by atoms with Crippen molar-refractivity contribution in [1.29, 1.82) is 0 Å². The molecular formula is C23H30N4O5S. The second kappa shape index (κ2) is 9.56. The number of amides is 2. The Balaban J connectivity index is 1.52. The van der Waals surface area contributed by atoms with Crippen LogP contribution in [0.3, 0.4) is 0 Å². The zero-order valence-electron chi connectivity index (χ0n) is 19.0. The van der Waals surface area contributed by atoms with Gasteiger partial charge in [-0.25, -0.2) is 8.42 Å². The summed E-state index contributed by atoms with van der Waals surface area (Å²) in [6, 6.07) is 8.36. The van der Waals surface area contributed by atoms with Gasteiger partial charge in [0.15, 0.2) is 0 Å². The molecule has 4 rings (SSSR count). The first-order chi connectivity index (χ1) is 15.8. The molecule has 9 nitrogen and oxygen atoms in total. The van der Waals surface area contributed by atoms with Gasteiger partial charge in [0.1, 0.15) is 5.76 Å². The first-order valence-electron chi connectivity index (χ1n) is 11.2. The normalized spacial score (nSPS) is 19.6. The second-order valence-corrected chi connectivity index (χ2v) is 10.7. The van der Waals surface area contributed by atoms with Crippen LogP contribution in [-0.4, -0.2) is 63.2 Å². The highest BCUT2D eigenvalue weighted by Crippen LogP contribution is 2.31. The Kier molecular flexibility index (Phi) is 6.76. The molecule has 1 N–H and O–H groups in total. The summed E-state index contributed by atoms with van der Waals surface area (Å²) in [4.78, 5) is 29.0. The molecule has 1 unspecified atom stereocenters. The monoisotopic (exact) mass is 474 g/mol. The summed E-state index contributed by atoms with van der Waals surface area (Å²) in [6.45, 7) is 1.63. The molecule has 3 heterocycles. The highest BCUT2D eigenvalue weighted by molar-refractivity contribution is 7.89. The van der Waals surface area contributed by atoms with E-state index >= 15 is 0 Å². The summed E-state index contributed by atoms with van der Waals surface area (Å²) in [6.07, 6.45) is 4.39. The summed E-state index contributed by atoms with van der Waals surface area (Å²) < 4.78 is 33.1. The maximum Gasteiger partial charge on any atom is 0.243 e. The standard InChI is InChI=1S/C23H30N4O5S/c1-25(2)21-9-8-19(33(30,31)27-10-4-3-5-11-27)14-20(21)24-23(29)17-13-22(28)26(15-17)16-18-7-6-12-32-18/h6-9,12,14,17H,3-5,10-11,13,15-16H2,1-2H3,(H,24,29). The van der Waals surface area contributed by atoms with Crippen molar-refractivity contribution in [2.75, 3.05) is 43.9 Å². The molecule has 0 aliphatic carbocycles. The zero-order chi connectivity index (χ0) is 23.6. The van der Waals surface area contributed by atoms with Crippen LogP contribution in [0.25, 0.3) is 0 Å². The lowest BCUT2D eigenvalue weighted by Gasteiger charge is -2.27. The molecule has 1 aromatic heterocycles. The molecule has 0 saturated carbocycles. The summed E-state index contributed by atoms with van der Waals surface area (Å²) in [7, 11) is 0.0171. The van der Waals surface area contributed by atoms with E-state index in [0.29, 0.717) is 36.8 Å². The number of rotatable bonds is 7. The molecule has 2 aliphatic rings. The Labute approximate surface area is 194 Å². The molecule has 2 aromatic rings. The quantitative estimate of drug-likeness (QED) is 0.661. The maximum atomic E-state index is 13.1. The zero-order valence-corrected chi connectivity index (χ0v) is 19.8. The summed E-state index contributed by atoms with van der Waals surface area (Å²) >= 11 is 0. The summed E-state index contributed by atoms with van der Waals surface area (Å²) in [5.41, 5.74) is 1.11. The van der Waals surface area contributed by atoms with Crippen molar-refractivity contribution >= 4 is 33.2 Å². The van der Waals surface area contributed by atoms with E-state index in [1.165, 1.54) is 10.4 Å². The molecule has 2 amide bonds. The number of hydrogen-bond acceptors (Lipinski definition) is 6. The van der Waals surface area contributed by atoms with Crippen molar-refractivity contribution in [2.24, 2.45) is 5.92 Å². The molecule has 0 bridgehead atoms. The van der Waals surface area contributed by atoms with Crippen LogP contribution in [0.4, 0.5) is 11.4 Å². The van der Waals surface area contributed by atoms with Gasteiger partial charge in [0.2, 0.25) is 21.8 Å². The molecule has 1 atom stereocenters. The number of sulfonamides is 1. The van der Waals surface area contributed by atoms with Gasteiger partial charge in [0, 0.05) is 40.2 Å². The SMILES string of the molecule is CN(C)c1ccc(S(=O)(=O)N2CCCCC2)cc1NC(=O)C1CC(=O)N(Cc2ccco2)C1. The minimum absolute atomic E-state index is 0.107. The van der Waals surface area contributed by atoms with Gasteiger partial charge in [-0.15, -0.1) is 0 Å². The molecule has 2 aliphatic heterocycles. The van der Waals surface area contributed by atoms with Crippen molar-refractivity contribution < 1.29 is 22.4 Å². The van der Waals surface area contributed by atoms with Crippen LogP contribution in [0.2, 0.25) is 0 Å². The van der Waals surface area contributed by atoms with E-state index in [1.807, 2.05) is 19.0 Å². The Hall–Kier alpha value is -2.85. The van der Waals surface area contributed by atoms with E-state index in [0.717, 1.165) is 19.3 Å². The van der Waals surface area contributed by atoms with Crippen molar-refractivity contribution in [3.63, 3.8) is 0 Å². The third-order valence-electron chi connectivity index (χ3n) is 6.17. The lowest BCUT2D eigenvalue weighted by atomic mass is 10.1. The summed E-state index contributed by atoms with van der Waals surface area (Å²) in [5.74, 6) is -0.276. The molecule has 178 valence electrons. The van der Waals surface area contributed by atoms with E-state index < -0.39 is 15.9 Å². The van der Waals surface area contributed by atoms with Crippen LogP contribution < -0.4 is 10.2 Å². The smallest absolute Gasteiger partial charge is 0.243 e. The first kappa shape index (κ1) is 23.3. The molecule has 1 aromatic carbocycles. The fourth-order valence-electron chi connectivity index (χ4n) is 4.35. The van der Waals surface area contributed by atoms with Crippen LogP contribution >= 0.6 is 0 Å². The number of carbonyl (C=O) groups is 2. The fraction of sp³-hybridized carbons (Fsp3) is 0.478. The van der Waals surface area contributed by atoms with Crippen LogP contribution in [0.5, 0.6) is 0 Å². The topological polar surface area (TPSA) is 103 Å². The van der Waals surface area contributed by atoms with E-state index in [2.05, 4.69) is 5.32 Å².